The van der Waals surface area contributed by atoms with Crippen molar-refractivity contribution in [3.8, 4) is 17.7 Å². The fourth-order valence-corrected chi connectivity index (χ4v) is 6.56. The van der Waals surface area contributed by atoms with E-state index in [1.54, 1.807) is 24.3 Å². The number of pyridine rings is 1. The lowest BCUT2D eigenvalue weighted by molar-refractivity contribution is -0.0592. The summed E-state index contributed by atoms with van der Waals surface area (Å²) in [6.07, 6.45) is 3.04. The van der Waals surface area contributed by atoms with Gasteiger partial charge >= 0.3 is 5.97 Å². The van der Waals surface area contributed by atoms with Gasteiger partial charge in [0.2, 0.25) is 5.88 Å². The van der Waals surface area contributed by atoms with Crippen LogP contribution in [0, 0.1) is 23.1 Å². The number of aromatic nitrogens is 3. The van der Waals surface area contributed by atoms with E-state index in [-0.39, 0.29) is 23.8 Å². The first-order valence-electron chi connectivity index (χ1n) is 14.9. The first-order chi connectivity index (χ1) is 21.4. The molecule has 0 spiro atoms. The van der Waals surface area contributed by atoms with Crippen molar-refractivity contribution in [1.82, 2.24) is 19.4 Å². The van der Waals surface area contributed by atoms with Crippen molar-refractivity contribution in [2.45, 2.75) is 57.0 Å². The maximum Gasteiger partial charge on any atom is 0.335 e. The minimum Gasteiger partial charge on any atom is -0.494 e. The summed E-state index contributed by atoms with van der Waals surface area (Å²) in [5, 5.41) is 18.7. The third kappa shape index (κ3) is 5.36. The van der Waals surface area contributed by atoms with E-state index in [4.69, 9.17) is 29.4 Å². The minimum atomic E-state index is -1.01. The molecule has 7 rings (SSSR count). The monoisotopic (exact) mass is 597 g/mol. The van der Waals surface area contributed by atoms with Crippen LogP contribution in [0.1, 0.15) is 58.2 Å². The normalized spacial score (nSPS) is 22.6. The molecule has 2 saturated heterocycles. The van der Waals surface area contributed by atoms with Gasteiger partial charge in [0.1, 0.15) is 29.5 Å². The van der Waals surface area contributed by atoms with E-state index in [1.807, 2.05) is 18.2 Å². The topological polar surface area (TPSA) is 123 Å². The fourth-order valence-electron chi connectivity index (χ4n) is 6.56. The highest BCUT2D eigenvalue weighted by atomic mass is 19.1. The van der Waals surface area contributed by atoms with Gasteiger partial charge in [-0.2, -0.15) is 5.26 Å². The van der Waals surface area contributed by atoms with Crippen molar-refractivity contribution in [3.05, 3.63) is 82.6 Å². The van der Waals surface area contributed by atoms with Gasteiger partial charge < -0.3 is 23.9 Å². The van der Waals surface area contributed by atoms with Crippen molar-refractivity contribution in [2.75, 3.05) is 20.3 Å². The standard InChI is InChI=1S/C33H32FN5O5/c1-42-29-13-21(33(40)41)12-28-32(29)37-30(39(28)16-22-8-10-43-22)17-38-9-7-23(24-14-27(24)38)26-3-2-4-31(36-26)44-18-20-6-5-19(15-35)11-25(20)34/h2-6,11-13,22-24,27H,7-10,14,16-18H2,1H3,(H,40,41)/t22-,23+,24-,27-/m0/s1. The Balaban J connectivity index is 1.06. The summed E-state index contributed by atoms with van der Waals surface area (Å²) < 4.78 is 33.6. The molecule has 226 valence electrons. The molecule has 4 heterocycles. The summed E-state index contributed by atoms with van der Waals surface area (Å²) in [6, 6.07) is 15.6. The number of fused-ring (bicyclic) bond motifs is 2. The van der Waals surface area contributed by atoms with Gasteiger partial charge in [-0.25, -0.2) is 19.2 Å². The number of carboxylic acids is 1. The van der Waals surface area contributed by atoms with Crippen molar-refractivity contribution in [1.29, 1.82) is 5.26 Å². The molecule has 2 aromatic carbocycles. The number of likely N-dealkylation sites (tertiary alicyclic amines) is 1. The number of benzene rings is 2. The number of nitriles is 1. The van der Waals surface area contributed by atoms with Crippen LogP contribution in [0.25, 0.3) is 11.0 Å². The highest BCUT2D eigenvalue weighted by Crippen LogP contribution is 2.51. The molecular formula is C33H32FN5O5. The second-order valence-corrected chi connectivity index (χ2v) is 11.7. The van der Waals surface area contributed by atoms with E-state index in [9.17, 15) is 14.3 Å². The summed E-state index contributed by atoms with van der Waals surface area (Å²) in [7, 11) is 1.53. The first kappa shape index (κ1) is 28.3. The fraction of sp³-hybridized carbons (Fsp3) is 0.394. The van der Waals surface area contributed by atoms with Crippen LogP contribution in [0.5, 0.6) is 11.6 Å². The van der Waals surface area contributed by atoms with Gasteiger partial charge in [0, 0.05) is 35.9 Å². The number of imidazole rings is 1. The Morgan fingerprint density at radius 2 is 2.07 bits per heavy atom. The molecular weight excluding hydrogens is 565 g/mol. The lowest BCUT2D eigenvalue weighted by Crippen LogP contribution is -2.36. The molecule has 0 unspecified atom stereocenters. The average molecular weight is 598 g/mol. The molecule has 4 atom stereocenters. The maximum atomic E-state index is 14.3. The van der Waals surface area contributed by atoms with Crippen LogP contribution in [-0.4, -0.2) is 62.9 Å². The molecule has 4 aromatic rings. The number of piperidine rings is 1. The van der Waals surface area contributed by atoms with Gasteiger partial charge in [-0.15, -0.1) is 0 Å². The SMILES string of the molecule is COc1cc(C(=O)O)cc2c1nc(CN1CC[C@@H](c3cccc(OCc4ccc(C#N)cc4F)n3)[C@@H]3C[C@@H]31)n2C[C@@H]1CCO1. The molecule has 2 aliphatic heterocycles. The molecule has 3 aliphatic rings. The van der Waals surface area contributed by atoms with Crippen molar-refractivity contribution in [2.24, 2.45) is 5.92 Å². The predicted octanol–water partition coefficient (Wildman–Crippen LogP) is 4.89. The van der Waals surface area contributed by atoms with Gasteiger partial charge in [-0.3, -0.25) is 4.90 Å². The van der Waals surface area contributed by atoms with Crippen LogP contribution >= 0.6 is 0 Å². The Kier molecular flexibility index (Phi) is 7.40. The molecule has 0 bridgehead atoms. The van der Waals surface area contributed by atoms with E-state index >= 15 is 0 Å². The molecule has 0 amide bonds. The number of rotatable bonds is 10. The zero-order valence-corrected chi connectivity index (χ0v) is 24.3. The number of ether oxygens (including phenoxy) is 3. The number of hydrogen-bond acceptors (Lipinski definition) is 8. The van der Waals surface area contributed by atoms with Gasteiger partial charge in [-0.1, -0.05) is 12.1 Å². The van der Waals surface area contributed by atoms with E-state index in [0.717, 1.165) is 49.4 Å². The highest BCUT2D eigenvalue weighted by molar-refractivity contribution is 5.95. The second kappa shape index (κ2) is 11.5. The average Bonchev–Trinajstić information content (AvgIpc) is 3.74. The number of halogens is 1. The smallest absolute Gasteiger partial charge is 0.335 e. The Morgan fingerprint density at radius 3 is 2.80 bits per heavy atom. The van der Waals surface area contributed by atoms with Crippen LogP contribution in [0.4, 0.5) is 4.39 Å². The van der Waals surface area contributed by atoms with Crippen LogP contribution in [0.15, 0.2) is 48.5 Å². The molecule has 44 heavy (non-hydrogen) atoms. The summed E-state index contributed by atoms with van der Waals surface area (Å²) in [6.45, 7) is 2.90. The Morgan fingerprint density at radius 1 is 1.20 bits per heavy atom. The van der Waals surface area contributed by atoms with Gasteiger partial charge in [0.15, 0.2) is 0 Å². The second-order valence-electron chi connectivity index (χ2n) is 11.7. The molecule has 3 fully saturated rings. The Bertz CT molecular complexity index is 1780. The largest absolute Gasteiger partial charge is 0.494 e. The number of nitrogens with zero attached hydrogens (tertiary/aromatic N) is 5. The third-order valence-corrected chi connectivity index (χ3v) is 9.09. The molecule has 1 saturated carbocycles. The predicted molar refractivity (Wildman–Crippen MR) is 157 cm³/mol. The summed E-state index contributed by atoms with van der Waals surface area (Å²) in [4.78, 5) is 24.1. The van der Waals surface area contributed by atoms with Crippen LogP contribution in [-0.2, 0) is 24.4 Å². The molecule has 0 radical (unpaired) electrons. The maximum absolute atomic E-state index is 14.3. The quantitative estimate of drug-likeness (QED) is 0.272. The van der Waals surface area contributed by atoms with Gasteiger partial charge in [0.05, 0.1) is 49.0 Å². The first-order valence-corrected chi connectivity index (χ1v) is 14.9. The minimum absolute atomic E-state index is 0.0319. The number of carboxylic acid groups (broad SMARTS) is 1. The van der Waals surface area contributed by atoms with Crippen molar-refractivity contribution >= 4 is 17.0 Å². The van der Waals surface area contributed by atoms with Gasteiger partial charge in [0.25, 0.3) is 0 Å². The molecule has 1 aliphatic carbocycles. The van der Waals surface area contributed by atoms with Gasteiger partial charge in [-0.05, 0) is 62.1 Å². The van der Waals surface area contributed by atoms with Crippen molar-refractivity contribution < 1.29 is 28.5 Å². The zero-order valence-electron chi connectivity index (χ0n) is 24.3. The Hall–Kier alpha value is -4.53. The Labute approximate surface area is 253 Å². The molecule has 1 N–H and O–H groups in total. The van der Waals surface area contributed by atoms with Crippen LogP contribution in [0.2, 0.25) is 0 Å². The summed E-state index contributed by atoms with van der Waals surface area (Å²) in [5.74, 6) is 1.06. The zero-order chi connectivity index (χ0) is 30.4. The lowest BCUT2D eigenvalue weighted by Gasteiger charge is -2.32. The van der Waals surface area contributed by atoms with Crippen LogP contribution in [0.3, 0.4) is 0 Å². The summed E-state index contributed by atoms with van der Waals surface area (Å²) in [5.41, 5.74) is 3.20. The molecule has 10 nitrogen and oxygen atoms in total. The van der Waals surface area contributed by atoms with Crippen LogP contribution < -0.4 is 9.47 Å². The van der Waals surface area contributed by atoms with Crippen molar-refractivity contribution in [3.63, 3.8) is 0 Å². The van der Waals surface area contributed by atoms with E-state index in [0.29, 0.717) is 53.7 Å². The summed E-state index contributed by atoms with van der Waals surface area (Å²) >= 11 is 0. The molecule has 2 aromatic heterocycles. The van der Waals surface area contributed by atoms with E-state index < -0.39 is 11.8 Å². The highest BCUT2D eigenvalue weighted by Gasteiger charge is 2.50. The number of methoxy groups -OCH3 is 1. The third-order valence-electron chi connectivity index (χ3n) is 9.09. The van der Waals surface area contributed by atoms with E-state index in [1.165, 1.54) is 19.2 Å². The number of hydrogen-bond donors (Lipinski definition) is 1. The number of aromatic carboxylic acids is 1. The van der Waals surface area contributed by atoms with E-state index in [2.05, 4.69) is 9.47 Å². The molecule has 11 heteroatoms. The number of carbonyl (C=O) groups is 1. The lowest BCUT2D eigenvalue weighted by atomic mass is 9.92.